The third-order valence-electron chi connectivity index (χ3n) is 3.32. The van der Waals surface area contributed by atoms with Crippen LogP contribution in [-0.4, -0.2) is 12.1 Å². The van der Waals surface area contributed by atoms with Crippen LogP contribution in [0.15, 0.2) is 12.2 Å². The minimum atomic E-state index is -0.00755. The van der Waals surface area contributed by atoms with Crippen molar-refractivity contribution in [1.82, 2.24) is 0 Å². The fourth-order valence-electron chi connectivity index (χ4n) is 2.36. The second-order valence-electron chi connectivity index (χ2n) is 4.57. The van der Waals surface area contributed by atoms with Crippen LogP contribution in [-0.2, 0) is 9.59 Å². The molecule has 0 radical (unpaired) electrons. The Hall–Kier alpha value is -0.920. The van der Waals surface area contributed by atoms with E-state index in [1.807, 2.05) is 0 Å². The van der Waals surface area contributed by atoms with Crippen LogP contribution in [0.3, 0.4) is 0 Å². The van der Waals surface area contributed by atoms with Gasteiger partial charge in [-0.15, -0.1) is 0 Å². The van der Waals surface area contributed by atoms with Crippen LogP contribution in [0.1, 0.15) is 45.4 Å². The zero-order valence-corrected chi connectivity index (χ0v) is 9.50. The first-order valence-corrected chi connectivity index (χ1v) is 5.77. The molecule has 2 nitrogen and oxygen atoms in total. The molecule has 2 heteroatoms. The number of hydrogen-bond donors (Lipinski definition) is 0. The largest absolute Gasteiger partial charge is 0.303 e. The second-order valence-corrected chi connectivity index (χ2v) is 4.57. The highest BCUT2D eigenvalue weighted by molar-refractivity contribution is 5.75. The molecule has 0 heterocycles. The van der Waals surface area contributed by atoms with E-state index in [2.05, 4.69) is 6.58 Å². The van der Waals surface area contributed by atoms with Crippen molar-refractivity contribution in [2.45, 2.75) is 45.4 Å². The molecule has 0 saturated heterocycles. The number of Topliss-reactive ketones (excluding diaryl/α,β-unsaturated/α-hetero) is 1. The molecule has 84 valence electrons. The summed E-state index contributed by atoms with van der Waals surface area (Å²) in [5.41, 5.74) is 1.07. The number of aldehydes is 1. The van der Waals surface area contributed by atoms with Crippen molar-refractivity contribution >= 4 is 12.1 Å². The molecule has 2 atom stereocenters. The van der Waals surface area contributed by atoms with E-state index in [9.17, 15) is 9.59 Å². The van der Waals surface area contributed by atoms with Gasteiger partial charge in [-0.2, -0.15) is 0 Å². The van der Waals surface area contributed by atoms with E-state index in [0.717, 1.165) is 44.0 Å². The van der Waals surface area contributed by atoms with Gasteiger partial charge in [0.2, 0.25) is 0 Å². The molecule has 0 aromatic rings. The first-order valence-electron chi connectivity index (χ1n) is 5.77. The van der Waals surface area contributed by atoms with Crippen LogP contribution in [0, 0.1) is 11.8 Å². The minimum absolute atomic E-state index is 0.00755. The fraction of sp³-hybridized carbons (Fsp3) is 0.692. The Labute approximate surface area is 91.7 Å². The van der Waals surface area contributed by atoms with Gasteiger partial charge in [0, 0.05) is 12.3 Å². The standard InChI is InChI=1S/C13H20O2/c1-10-5-3-4-6-12(13(10)9-14)8-7-11(2)15/h9,12-13H,1,3-8H2,2H3. The van der Waals surface area contributed by atoms with E-state index in [0.29, 0.717) is 12.3 Å². The lowest BCUT2D eigenvalue weighted by Crippen LogP contribution is -2.17. The summed E-state index contributed by atoms with van der Waals surface area (Å²) in [5, 5.41) is 0. The Bertz CT molecular complexity index is 255. The fourth-order valence-corrected chi connectivity index (χ4v) is 2.36. The maximum Gasteiger partial charge on any atom is 0.129 e. The van der Waals surface area contributed by atoms with Gasteiger partial charge in [0.25, 0.3) is 0 Å². The summed E-state index contributed by atoms with van der Waals surface area (Å²) in [4.78, 5) is 22.0. The van der Waals surface area contributed by atoms with Crippen LogP contribution >= 0.6 is 0 Å². The van der Waals surface area contributed by atoms with Crippen LogP contribution in [0.5, 0.6) is 0 Å². The molecule has 1 fully saturated rings. The lowest BCUT2D eigenvalue weighted by Gasteiger charge is -2.21. The van der Waals surface area contributed by atoms with Gasteiger partial charge in [0.05, 0.1) is 0 Å². The molecule has 15 heavy (non-hydrogen) atoms. The van der Waals surface area contributed by atoms with Crippen molar-refractivity contribution in [2.24, 2.45) is 11.8 Å². The van der Waals surface area contributed by atoms with Gasteiger partial charge in [-0.1, -0.05) is 18.6 Å². The van der Waals surface area contributed by atoms with E-state index >= 15 is 0 Å². The molecule has 0 aromatic heterocycles. The summed E-state index contributed by atoms with van der Waals surface area (Å²) in [6.45, 7) is 5.60. The monoisotopic (exact) mass is 208 g/mol. The Kier molecular flexibility index (Phi) is 4.73. The average molecular weight is 208 g/mol. The first-order chi connectivity index (χ1) is 7.15. The molecule has 0 aromatic carbocycles. The summed E-state index contributed by atoms with van der Waals surface area (Å²) >= 11 is 0. The van der Waals surface area contributed by atoms with Crippen molar-refractivity contribution in [3.05, 3.63) is 12.2 Å². The van der Waals surface area contributed by atoms with Crippen LogP contribution in [0.4, 0.5) is 0 Å². The topological polar surface area (TPSA) is 34.1 Å². The molecule has 1 aliphatic carbocycles. The maximum atomic E-state index is 11.0. The van der Waals surface area contributed by atoms with Crippen molar-refractivity contribution in [3.8, 4) is 0 Å². The summed E-state index contributed by atoms with van der Waals surface area (Å²) in [7, 11) is 0. The lowest BCUT2D eigenvalue weighted by atomic mass is 9.83. The molecule has 1 aliphatic rings. The van der Waals surface area contributed by atoms with Gasteiger partial charge in [-0.05, 0) is 38.5 Å². The third-order valence-corrected chi connectivity index (χ3v) is 3.32. The number of carbonyl (C=O) groups excluding carboxylic acids is 2. The zero-order chi connectivity index (χ0) is 11.3. The normalized spacial score (nSPS) is 27.1. The molecule has 0 spiro atoms. The van der Waals surface area contributed by atoms with Gasteiger partial charge < -0.3 is 9.59 Å². The quantitative estimate of drug-likeness (QED) is 0.404. The predicted molar refractivity (Wildman–Crippen MR) is 60.6 cm³/mol. The second kappa shape index (κ2) is 5.84. The maximum absolute atomic E-state index is 11.0. The summed E-state index contributed by atoms with van der Waals surface area (Å²) in [6, 6.07) is 0. The van der Waals surface area contributed by atoms with Gasteiger partial charge >= 0.3 is 0 Å². The molecule has 0 bridgehead atoms. The van der Waals surface area contributed by atoms with Crippen LogP contribution < -0.4 is 0 Å². The van der Waals surface area contributed by atoms with E-state index in [1.54, 1.807) is 6.92 Å². The summed E-state index contributed by atoms with van der Waals surface area (Å²) in [6.07, 6.45) is 6.81. The van der Waals surface area contributed by atoms with E-state index < -0.39 is 0 Å². The van der Waals surface area contributed by atoms with Crippen molar-refractivity contribution in [1.29, 1.82) is 0 Å². The molecule has 1 rings (SSSR count). The molecule has 1 saturated carbocycles. The van der Waals surface area contributed by atoms with E-state index in [4.69, 9.17) is 0 Å². The third kappa shape index (κ3) is 3.61. The highest BCUT2D eigenvalue weighted by Crippen LogP contribution is 2.33. The smallest absolute Gasteiger partial charge is 0.129 e. The van der Waals surface area contributed by atoms with Crippen molar-refractivity contribution < 1.29 is 9.59 Å². The summed E-state index contributed by atoms with van der Waals surface area (Å²) < 4.78 is 0. The van der Waals surface area contributed by atoms with E-state index in [1.165, 1.54) is 0 Å². The predicted octanol–water partition coefficient (Wildman–Crippen LogP) is 2.92. The zero-order valence-electron chi connectivity index (χ0n) is 9.50. The number of hydrogen-bond acceptors (Lipinski definition) is 2. The lowest BCUT2D eigenvalue weighted by molar-refractivity contribution is -0.118. The van der Waals surface area contributed by atoms with Gasteiger partial charge in [0.15, 0.2) is 0 Å². The van der Waals surface area contributed by atoms with Gasteiger partial charge in [-0.25, -0.2) is 0 Å². The first kappa shape index (κ1) is 12.2. The number of rotatable bonds is 4. The number of carbonyl (C=O) groups is 2. The Balaban J connectivity index is 2.60. The highest BCUT2D eigenvalue weighted by atomic mass is 16.1. The molecular formula is C13H20O2. The van der Waals surface area contributed by atoms with Crippen molar-refractivity contribution in [3.63, 3.8) is 0 Å². The molecule has 2 unspecified atom stereocenters. The molecule has 0 aliphatic heterocycles. The molecule has 0 N–H and O–H groups in total. The number of ketones is 1. The average Bonchev–Trinajstić information content (AvgIpc) is 2.36. The summed E-state index contributed by atoms with van der Waals surface area (Å²) in [5.74, 6) is 0.558. The minimum Gasteiger partial charge on any atom is -0.303 e. The number of allylic oxidation sites excluding steroid dienone is 1. The van der Waals surface area contributed by atoms with Gasteiger partial charge in [-0.3, -0.25) is 0 Å². The van der Waals surface area contributed by atoms with Crippen LogP contribution in [0.2, 0.25) is 0 Å². The van der Waals surface area contributed by atoms with Crippen LogP contribution in [0.25, 0.3) is 0 Å². The highest BCUT2D eigenvalue weighted by Gasteiger charge is 2.25. The van der Waals surface area contributed by atoms with E-state index in [-0.39, 0.29) is 11.7 Å². The van der Waals surface area contributed by atoms with Gasteiger partial charge in [0.1, 0.15) is 12.1 Å². The SMILES string of the molecule is C=C1CCCCC(CCC(C)=O)C1C=O. The molecule has 0 amide bonds. The Morgan fingerprint density at radius 3 is 2.87 bits per heavy atom. The molecular weight excluding hydrogens is 188 g/mol. The Morgan fingerprint density at radius 2 is 2.27 bits per heavy atom. The Morgan fingerprint density at radius 1 is 1.53 bits per heavy atom. The van der Waals surface area contributed by atoms with Crippen molar-refractivity contribution in [2.75, 3.05) is 0 Å².